The zero-order valence-corrected chi connectivity index (χ0v) is 24.5. The van der Waals surface area contributed by atoms with Gasteiger partial charge >= 0.3 is 0 Å². The van der Waals surface area contributed by atoms with Crippen molar-refractivity contribution in [1.29, 1.82) is 0 Å². The van der Waals surface area contributed by atoms with Gasteiger partial charge < -0.3 is 4.98 Å². The highest BCUT2D eigenvalue weighted by atomic mass is 32.2. The molecular formula is C40H25N3S. The Bertz CT molecular complexity index is 2360. The summed E-state index contributed by atoms with van der Waals surface area (Å²) in [6.45, 7) is 0. The molecule has 3 aromatic heterocycles. The Balaban J connectivity index is 1.40. The summed E-state index contributed by atoms with van der Waals surface area (Å²) in [6, 6.07) is 51.7. The van der Waals surface area contributed by atoms with Gasteiger partial charge in [-0.3, -0.25) is 0 Å². The van der Waals surface area contributed by atoms with Crippen molar-refractivity contribution in [1.82, 2.24) is 15.0 Å². The van der Waals surface area contributed by atoms with E-state index in [9.17, 15) is 0 Å². The number of aromatic nitrogens is 3. The maximum atomic E-state index is 5.33. The number of rotatable bonds is 2. The highest BCUT2D eigenvalue weighted by molar-refractivity contribution is 7.99. The third-order valence-electron chi connectivity index (χ3n) is 8.42. The summed E-state index contributed by atoms with van der Waals surface area (Å²) in [4.78, 5) is 15.5. The van der Waals surface area contributed by atoms with Crippen LogP contribution in [0.1, 0.15) is 0 Å². The van der Waals surface area contributed by atoms with Crippen molar-refractivity contribution in [3.63, 3.8) is 0 Å². The first-order valence-corrected chi connectivity index (χ1v) is 15.6. The van der Waals surface area contributed by atoms with Gasteiger partial charge in [-0.2, -0.15) is 0 Å². The summed E-state index contributed by atoms with van der Waals surface area (Å²) in [5.41, 5.74) is 12.8. The smallest absolute Gasteiger partial charge is 0.102 e. The van der Waals surface area contributed by atoms with Crippen LogP contribution in [0.4, 0.5) is 0 Å². The molecule has 1 aliphatic heterocycles. The minimum absolute atomic E-state index is 0.846. The fourth-order valence-corrected chi connectivity index (χ4v) is 7.24. The Morgan fingerprint density at radius 1 is 0.409 bits per heavy atom. The topological polar surface area (TPSA) is 41.6 Å². The molecule has 0 saturated heterocycles. The van der Waals surface area contributed by atoms with E-state index in [1.807, 2.05) is 0 Å². The van der Waals surface area contributed by atoms with Crippen molar-refractivity contribution in [2.24, 2.45) is 0 Å². The molecule has 4 heterocycles. The van der Waals surface area contributed by atoms with Crippen LogP contribution >= 0.6 is 11.8 Å². The summed E-state index contributed by atoms with van der Waals surface area (Å²) in [5.74, 6) is 0. The molecule has 3 nitrogen and oxygen atoms in total. The number of H-pyrrole nitrogens is 1. The van der Waals surface area contributed by atoms with Crippen LogP contribution in [0.3, 0.4) is 0 Å². The minimum atomic E-state index is 0.846. The molecule has 1 N–H and O–H groups in total. The quantitative estimate of drug-likeness (QED) is 0.221. The molecule has 8 aromatic rings. The number of benzene rings is 5. The van der Waals surface area contributed by atoms with Crippen LogP contribution in [0.2, 0.25) is 0 Å². The van der Waals surface area contributed by atoms with Gasteiger partial charge in [-0.25, -0.2) is 9.97 Å². The maximum absolute atomic E-state index is 5.33. The van der Waals surface area contributed by atoms with Crippen molar-refractivity contribution in [3.8, 4) is 56.0 Å². The van der Waals surface area contributed by atoms with E-state index in [1.54, 1.807) is 11.8 Å². The second-order valence-electron chi connectivity index (χ2n) is 11.1. The summed E-state index contributed by atoms with van der Waals surface area (Å²) < 4.78 is 0. The lowest BCUT2D eigenvalue weighted by molar-refractivity contribution is 1.12. The Kier molecular flexibility index (Phi) is 5.75. The van der Waals surface area contributed by atoms with Gasteiger partial charge in [-0.15, -0.1) is 0 Å². The number of hydrogen-bond acceptors (Lipinski definition) is 3. The van der Waals surface area contributed by atoms with E-state index in [0.29, 0.717) is 0 Å². The van der Waals surface area contributed by atoms with Crippen LogP contribution in [-0.4, -0.2) is 15.0 Å². The van der Waals surface area contributed by atoms with Gasteiger partial charge in [0.05, 0.1) is 28.1 Å². The number of para-hydroxylation sites is 2. The molecular weight excluding hydrogens is 555 g/mol. The number of aromatic amines is 1. The highest BCUT2D eigenvalue weighted by Gasteiger charge is 2.18. The van der Waals surface area contributed by atoms with Crippen molar-refractivity contribution in [2.75, 3.05) is 0 Å². The fourth-order valence-electron chi connectivity index (χ4n) is 6.33. The lowest BCUT2D eigenvalue weighted by Gasteiger charge is -2.13. The average molecular weight is 580 g/mol. The molecule has 0 aliphatic carbocycles. The zero-order chi connectivity index (χ0) is 29.0. The van der Waals surface area contributed by atoms with E-state index in [4.69, 9.17) is 9.97 Å². The van der Waals surface area contributed by atoms with E-state index >= 15 is 0 Å². The van der Waals surface area contributed by atoms with Crippen molar-refractivity contribution < 1.29 is 0 Å². The van der Waals surface area contributed by atoms with Gasteiger partial charge in [-0.1, -0.05) is 121 Å². The number of hydrogen-bond donors (Lipinski definition) is 1. The van der Waals surface area contributed by atoms with Gasteiger partial charge in [0.25, 0.3) is 0 Å². The summed E-state index contributed by atoms with van der Waals surface area (Å²) in [5, 5.41) is 3.34. The predicted octanol–water partition coefficient (Wildman–Crippen LogP) is 10.9. The molecule has 9 rings (SSSR count). The Labute approximate surface area is 259 Å². The van der Waals surface area contributed by atoms with Crippen LogP contribution in [0.5, 0.6) is 0 Å². The molecule has 0 spiro atoms. The maximum Gasteiger partial charge on any atom is 0.102 e. The van der Waals surface area contributed by atoms with Crippen LogP contribution in [0.15, 0.2) is 156 Å². The van der Waals surface area contributed by atoms with Crippen molar-refractivity contribution >= 4 is 33.6 Å². The molecule has 0 unspecified atom stereocenters. The molecule has 1 aliphatic rings. The monoisotopic (exact) mass is 579 g/mol. The number of nitrogens with zero attached hydrogens (tertiary/aromatic N) is 2. The molecule has 206 valence electrons. The number of pyridine rings is 2. The SMILES string of the molecule is c1ccc(-c2cc3nc(c2)-c2cc(-c4ccccc4)cc(n2)-c2cccc4c2[nH]c2c(cccc24)-c2cccc(c2)S3)cc1. The first kappa shape index (κ1) is 25.1. The second kappa shape index (κ2) is 10.1. The van der Waals surface area contributed by atoms with Crippen molar-refractivity contribution in [2.45, 2.75) is 9.92 Å². The Morgan fingerprint density at radius 2 is 0.977 bits per heavy atom. The summed E-state index contributed by atoms with van der Waals surface area (Å²) in [6.07, 6.45) is 0. The standard InChI is InChI=1S/C40H25N3S/c1-3-10-25(11-4-1)28-21-35-34-19-9-18-33-32-17-8-16-31(39(32)43-40(33)34)27-14-7-15-30(20-27)44-38-24-29(26-12-5-2-6-13-26)23-37(42-38)36(22-28)41-35/h1-24,43H. The third kappa shape index (κ3) is 4.23. The van der Waals surface area contributed by atoms with Crippen LogP contribution < -0.4 is 0 Å². The Morgan fingerprint density at radius 3 is 1.70 bits per heavy atom. The van der Waals surface area contributed by atoms with Gasteiger partial charge in [0.1, 0.15) is 5.03 Å². The highest BCUT2D eigenvalue weighted by Crippen LogP contribution is 2.41. The zero-order valence-electron chi connectivity index (χ0n) is 23.7. The summed E-state index contributed by atoms with van der Waals surface area (Å²) in [7, 11) is 0. The van der Waals surface area contributed by atoms with Crippen LogP contribution in [0.25, 0.3) is 77.8 Å². The molecule has 0 amide bonds. The molecule has 0 saturated carbocycles. The van der Waals surface area contributed by atoms with E-state index in [1.165, 1.54) is 21.9 Å². The first-order chi connectivity index (χ1) is 21.8. The minimum Gasteiger partial charge on any atom is -0.353 e. The molecule has 0 atom stereocenters. The predicted molar refractivity (Wildman–Crippen MR) is 183 cm³/mol. The third-order valence-corrected chi connectivity index (χ3v) is 9.32. The molecule has 4 heteroatoms. The Hall–Kier alpha value is -5.45. The van der Waals surface area contributed by atoms with Gasteiger partial charge in [-0.05, 0) is 64.2 Å². The number of fused-ring (bicyclic) bond motifs is 10. The largest absolute Gasteiger partial charge is 0.353 e. The van der Waals surface area contributed by atoms with Crippen LogP contribution in [0, 0.1) is 0 Å². The average Bonchev–Trinajstić information content (AvgIpc) is 3.48. The molecule has 44 heavy (non-hydrogen) atoms. The molecule has 5 aromatic carbocycles. The number of nitrogens with one attached hydrogen (secondary N) is 1. The normalized spacial score (nSPS) is 12.0. The van der Waals surface area contributed by atoms with Gasteiger partial charge in [0, 0.05) is 26.8 Å². The van der Waals surface area contributed by atoms with Gasteiger partial charge in [0.2, 0.25) is 0 Å². The lowest BCUT2D eigenvalue weighted by Crippen LogP contribution is -1.95. The fraction of sp³-hybridized carbons (Fsp3) is 0. The van der Waals surface area contributed by atoms with Crippen LogP contribution in [-0.2, 0) is 0 Å². The van der Waals surface area contributed by atoms with Crippen molar-refractivity contribution in [3.05, 3.63) is 146 Å². The van der Waals surface area contributed by atoms with E-state index in [-0.39, 0.29) is 0 Å². The summed E-state index contributed by atoms with van der Waals surface area (Å²) >= 11 is 1.69. The molecule has 0 radical (unpaired) electrons. The van der Waals surface area contributed by atoms with E-state index in [0.717, 1.165) is 65.9 Å². The second-order valence-corrected chi connectivity index (χ2v) is 12.2. The van der Waals surface area contributed by atoms with E-state index in [2.05, 4.69) is 151 Å². The molecule has 8 bridgehead atoms. The lowest BCUT2D eigenvalue weighted by atomic mass is 9.99. The first-order valence-electron chi connectivity index (χ1n) is 14.7. The van der Waals surface area contributed by atoms with Gasteiger partial charge in [0.15, 0.2) is 0 Å². The van der Waals surface area contributed by atoms with E-state index < -0.39 is 0 Å². The molecule has 0 fully saturated rings.